The number of hydroxylamine groups is 2. The van der Waals surface area contributed by atoms with E-state index in [0.717, 1.165) is 18.4 Å². The van der Waals surface area contributed by atoms with Crippen LogP contribution in [0.1, 0.15) is 80.6 Å². The summed E-state index contributed by atoms with van der Waals surface area (Å²) < 4.78 is 0. The van der Waals surface area contributed by atoms with Gasteiger partial charge in [0.1, 0.15) is 0 Å². The summed E-state index contributed by atoms with van der Waals surface area (Å²) in [5, 5.41) is 9.97. The molecule has 0 saturated carbocycles. The Labute approximate surface area is 135 Å². The van der Waals surface area contributed by atoms with Crippen molar-refractivity contribution in [3.8, 4) is 0 Å². The van der Waals surface area contributed by atoms with Gasteiger partial charge in [-0.25, -0.2) is 5.06 Å². The molecule has 3 nitrogen and oxygen atoms in total. The van der Waals surface area contributed by atoms with Crippen LogP contribution in [0, 0.1) is 0 Å². The summed E-state index contributed by atoms with van der Waals surface area (Å²) in [6, 6.07) is 7.58. The normalized spacial score (nSPS) is 10.7. The van der Waals surface area contributed by atoms with Gasteiger partial charge in [-0.2, -0.15) is 0 Å². The molecule has 1 amide bonds. The van der Waals surface area contributed by atoms with Gasteiger partial charge in [0.15, 0.2) is 0 Å². The molecule has 0 radical (unpaired) electrons. The molecule has 0 aliphatic carbocycles. The predicted molar refractivity (Wildman–Crippen MR) is 91.3 cm³/mol. The van der Waals surface area contributed by atoms with Crippen LogP contribution in [0.15, 0.2) is 24.3 Å². The molecule has 0 unspecified atom stereocenters. The van der Waals surface area contributed by atoms with Crippen molar-refractivity contribution in [1.29, 1.82) is 0 Å². The molecule has 22 heavy (non-hydrogen) atoms. The van der Waals surface area contributed by atoms with Crippen molar-refractivity contribution in [3.63, 3.8) is 0 Å². The van der Waals surface area contributed by atoms with Crippen LogP contribution in [0.5, 0.6) is 0 Å². The van der Waals surface area contributed by atoms with Crippen LogP contribution in [0.25, 0.3) is 0 Å². The zero-order valence-corrected chi connectivity index (χ0v) is 14.2. The molecule has 1 rings (SSSR count). The second kappa shape index (κ2) is 11.2. The average molecular weight is 305 g/mol. The van der Waals surface area contributed by atoms with E-state index < -0.39 is 0 Å². The molecule has 0 spiro atoms. The second-order valence-corrected chi connectivity index (χ2v) is 6.06. The fourth-order valence-electron chi connectivity index (χ4n) is 2.75. The molecule has 0 heterocycles. The number of benzene rings is 1. The SMILES string of the molecule is CCCCCCCCCCCc1ccccc1C(=O)N(C)O. The summed E-state index contributed by atoms with van der Waals surface area (Å²) in [5.74, 6) is -0.327. The zero-order chi connectivity index (χ0) is 16.2. The van der Waals surface area contributed by atoms with Crippen molar-refractivity contribution >= 4 is 5.91 Å². The monoisotopic (exact) mass is 305 g/mol. The first-order chi connectivity index (χ1) is 10.7. The van der Waals surface area contributed by atoms with Crippen molar-refractivity contribution in [2.45, 2.75) is 71.1 Å². The lowest BCUT2D eigenvalue weighted by Crippen LogP contribution is -2.23. The molecule has 0 saturated heterocycles. The number of amides is 1. The number of rotatable bonds is 11. The third kappa shape index (κ3) is 7.08. The van der Waals surface area contributed by atoms with E-state index in [9.17, 15) is 10.0 Å². The summed E-state index contributed by atoms with van der Waals surface area (Å²) in [4.78, 5) is 11.9. The van der Waals surface area contributed by atoms with Crippen LogP contribution >= 0.6 is 0 Å². The summed E-state index contributed by atoms with van der Waals surface area (Å²) in [5.41, 5.74) is 1.66. The van der Waals surface area contributed by atoms with E-state index in [-0.39, 0.29) is 5.91 Å². The molecule has 1 aromatic rings. The standard InChI is InChI=1S/C19H31NO2/c1-3-4-5-6-7-8-9-10-11-14-17-15-12-13-16-18(17)19(21)20(2)22/h12-13,15-16,22H,3-11,14H2,1-2H3. The average Bonchev–Trinajstić information content (AvgIpc) is 2.53. The third-order valence-corrected chi connectivity index (χ3v) is 4.09. The Morgan fingerprint density at radius 2 is 1.50 bits per heavy atom. The quantitative estimate of drug-likeness (QED) is 0.346. The Morgan fingerprint density at radius 3 is 2.09 bits per heavy atom. The van der Waals surface area contributed by atoms with Gasteiger partial charge in [-0.1, -0.05) is 76.5 Å². The molecule has 0 bridgehead atoms. The van der Waals surface area contributed by atoms with Crippen LogP contribution in [0.2, 0.25) is 0 Å². The Morgan fingerprint density at radius 1 is 0.955 bits per heavy atom. The Kier molecular flexibility index (Phi) is 9.56. The maximum absolute atomic E-state index is 11.9. The van der Waals surface area contributed by atoms with Crippen molar-refractivity contribution < 1.29 is 10.0 Å². The number of hydrogen-bond donors (Lipinski definition) is 1. The van der Waals surface area contributed by atoms with Gasteiger partial charge in [0.25, 0.3) is 5.91 Å². The molecular formula is C19H31NO2. The molecule has 0 fully saturated rings. The lowest BCUT2D eigenvalue weighted by atomic mass is 9.99. The van der Waals surface area contributed by atoms with Gasteiger partial charge in [0.05, 0.1) is 0 Å². The molecule has 124 valence electrons. The fraction of sp³-hybridized carbons (Fsp3) is 0.632. The van der Waals surface area contributed by atoms with Gasteiger partial charge in [0.2, 0.25) is 0 Å². The van der Waals surface area contributed by atoms with E-state index in [0.29, 0.717) is 10.6 Å². The first kappa shape index (κ1) is 18.7. The number of unbranched alkanes of at least 4 members (excludes halogenated alkanes) is 8. The van der Waals surface area contributed by atoms with Crippen molar-refractivity contribution in [2.75, 3.05) is 7.05 Å². The highest BCUT2D eigenvalue weighted by molar-refractivity contribution is 5.94. The molecule has 0 atom stereocenters. The molecule has 0 aliphatic rings. The largest absolute Gasteiger partial charge is 0.286 e. The van der Waals surface area contributed by atoms with Crippen molar-refractivity contribution in [3.05, 3.63) is 35.4 Å². The van der Waals surface area contributed by atoms with Gasteiger partial charge in [-0.15, -0.1) is 0 Å². The summed E-state index contributed by atoms with van der Waals surface area (Å²) in [6.45, 7) is 2.25. The van der Waals surface area contributed by atoms with E-state index in [2.05, 4.69) is 6.92 Å². The van der Waals surface area contributed by atoms with Gasteiger partial charge < -0.3 is 0 Å². The molecule has 1 N–H and O–H groups in total. The first-order valence-electron chi connectivity index (χ1n) is 8.71. The molecule has 0 aromatic heterocycles. The number of carbonyl (C=O) groups is 1. The molecule has 1 aromatic carbocycles. The lowest BCUT2D eigenvalue weighted by molar-refractivity contribution is -0.0375. The van der Waals surface area contributed by atoms with E-state index in [1.807, 2.05) is 18.2 Å². The smallest absolute Gasteiger partial charge is 0.277 e. The van der Waals surface area contributed by atoms with E-state index in [1.54, 1.807) is 6.07 Å². The maximum atomic E-state index is 11.9. The Balaban J connectivity index is 2.24. The minimum absolute atomic E-state index is 0.327. The minimum atomic E-state index is -0.327. The van der Waals surface area contributed by atoms with E-state index in [1.165, 1.54) is 58.4 Å². The van der Waals surface area contributed by atoms with Crippen LogP contribution < -0.4 is 0 Å². The van der Waals surface area contributed by atoms with Gasteiger partial charge in [0, 0.05) is 12.6 Å². The van der Waals surface area contributed by atoms with Crippen LogP contribution in [-0.4, -0.2) is 23.2 Å². The first-order valence-corrected chi connectivity index (χ1v) is 8.71. The van der Waals surface area contributed by atoms with Crippen molar-refractivity contribution in [1.82, 2.24) is 5.06 Å². The third-order valence-electron chi connectivity index (χ3n) is 4.09. The molecular weight excluding hydrogens is 274 g/mol. The maximum Gasteiger partial charge on any atom is 0.277 e. The number of carbonyl (C=O) groups excluding carboxylic acids is 1. The topological polar surface area (TPSA) is 40.5 Å². The van der Waals surface area contributed by atoms with E-state index in [4.69, 9.17) is 0 Å². The highest BCUT2D eigenvalue weighted by Gasteiger charge is 2.13. The lowest BCUT2D eigenvalue weighted by Gasteiger charge is -2.12. The Bertz CT molecular complexity index is 429. The van der Waals surface area contributed by atoms with Crippen LogP contribution in [0.4, 0.5) is 0 Å². The molecule has 0 aliphatic heterocycles. The minimum Gasteiger partial charge on any atom is -0.286 e. The summed E-state index contributed by atoms with van der Waals surface area (Å²) in [6.07, 6.45) is 12.6. The Hall–Kier alpha value is -1.35. The summed E-state index contributed by atoms with van der Waals surface area (Å²) >= 11 is 0. The highest BCUT2D eigenvalue weighted by Crippen LogP contribution is 2.16. The van der Waals surface area contributed by atoms with Crippen LogP contribution in [0.3, 0.4) is 0 Å². The van der Waals surface area contributed by atoms with Gasteiger partial charge in [-0.05, 0) is 24.5 Å². The second-order valence-electron chi connectivity index (χ2n) is 6.06. The number of aryl methyl sites for hydroxylation is 1. The highest BCUT2D eigenvalue weighted by atomic mass is 16.5. The van der Waals surface area contributed by atoms with Crippen molar-refractivity contribution in [2.24, 2.45) is 0 Å². The molecule has 3 heteroatoms. The summed E-state index contributed by atoms with van der Waals surface area (Å²) in [7, 11) is 1.37. The van der Waals surface area contributed by atoms with Crippen LogP contribution in [-0.2, 0) is 6.42 Å². The number of nitrogens with zero attached hydrogens (tertiary/aromatic N) is 1. The van der Waals surface area contributed by atoms with Gasteiger partial charge >= 0.3 is 0 Å². The number of hydrogen-bond acceptors (Lipinski definition) is 2. The van der Waals surface area contributed by atoms with E-state index >= 15 is 0 Å². The predicted octanol–water partition coefficient (Wildman–Crippen LogP) is 5.22. The fourth-order valence-corrected chi connectivity index (χ4v) is 2.75. The van der Waals surface area contributed by atoms with Gasteiger partial charge in [-0.3, -0.25) is 10.0 Å². The zero-order valence-electron chi connectivity index (χ0n) is 14.2.